The molecule has 2 aliphatic heterocycles. The van der Waals surface area contributed by atoms with Crippen LogP contribution in [0.4, 0.5) is 0 Å². The van der Waals surface area contributed by atoms with Crippen LogP contribution in [-0.2, 0) is 14.2 Å². The van der Waals surface area contributed by atoms with E-state index in [1.165, 1.54) is 12.0 Å². The third-order valence-electron chi connectivity index (χ3n) is 5.64. The van der Waals surface area contributed by atoms with Crippen molar-refractivity contribution in [3.8, 4) is 0 Å². The molecule has 0 aromatic carbocycles. The van der Waals surface area contributed by atoms with Gasteiger partial charge in [0, 0.05) is 25.0 Å². The third kappa shape index (κ3) is 3.19. The van der Waals surface area contributed by atoms with E-state index in [0.29, 0.717) is 11.8 Å². The van der Waals surface area contributed by atoms with Crippen LogP contribution in [-0.4, -0.2) is 57.3 Å². The van der Waals surface area contributed by atoms with Gasteiger partial charge in [-0.15, -0.1) is 0 Å². The van der Waals surface area contributed by atoms with Crippen molar-refractivity contribution in [3.05, 3.63) is 11.6 Å². The molecular weight excluding hydrogens is 266 g/mol. The van der Waals surface area contributed by atoms with E-state index in [0.717, 1.165) is 46.1 Å². The number of ether oxygens (including phenoxy) is 3. The molecule has 21 heavy (non-hydrogen) atoms. The summed E-state index contributed by atoms with van der Waals surface area (Å²) in [6.07, 6.45) is 3.51. The van der Waals surface area contributed by atoms with Crippen LogP contribution in [0.1, 0.15) is 27.2 Å². The van der Waals surface area contributed by atoms with E-state index in [1.807, 2.05) is 0 Å². The molecule has 3 rings (SSSR count). The van der Waals surface area contributed by atoms with E-state index in [9.17, 15) is 0 Å². The van der Waals surface area contributed by atoms with Crippen LogP contribution in [0.5, 0.6) is 0 Å². The number of hydrogen-bond donors (Lipinski definition) is 0. The van der Waals surface area contributed by atoms with Crippen LogP contribution in [0, 0.1) is 17.3 Å². The summed E-state index contributed by atoms with van der Waals surface area (Å²) in [7, 11) is 0. The average molecular weight is 295 g/mol. The molecule has 2 fully saturated rings. The van der Waals surface area contributed by atoms with E-state index < -0.39 is 0 Å². The fourth-order valence-electron chi connectivity index (χ4n) is 4.03. The van der Waals surface area contributed by atoms with Crippen molar-refractivity contribution in [3.63, 3.8) is 0 Å². The largest absolute Gasteiger partial charge is 0.379 e. The van der Waals surface area contributed by atoms with Gasteiger partial charge >= 0.3 is 0 Å². The second-order valence-electron chi connectivity index (χ2n) is 7.10. The quantitative estimate of drug-likeness (QED) is 0.732. The van der Waals surface area contributed by atoms with Crippen molar-refractivity contribution in [2.45, 2.75) is 33.5 Å². The Labute approximate surface area is 128 Å². The molecule has 0 saturated carbocycles. The van der Waals surface area contributed by atoms with Crippen LogP contribution in [0.15, 0.2) is 11.6 Å². The van der Waals surface area contributed by atoms with Gasteiger partial charge in [0.1, 0.15) is 0 Å². The van der Waals surface area contributed by atoms with Crippen molar-refractivity contribution in [1.82, 2.24) is 4.90 Å². The number of rotatable bonds is 2. The van der Waals surface area contributed by atoms with Gasteiger partial charge in [0.15, 0.2) is 6.29 Å². The molecule has 0 radical (unpaired) electrons. The van der Waals surface area contributed by atoms with Crippen molar-refractivity contribution in [2.24, 2.45) is 17.3 Å². The number of morpholine rings is 1. The average Bonchev–Trinajstić information content (AvgIpc) is 2.47. The van der Waals surface area contributed by atoms with Crippen LogP contribution in [0.2, 0.25) is 0 Å². The Balaban J connectivity index is 1.56. The molecule has 4 heteroatoms. The summed E-state index contributed by atoms with van der Waals surface area (Å²) in [5, 5.41) is 0. The van der Waals surface area contributed by atoms with Crippen LogP contribution in [0.3, 0.4) is 0 Å². The van der Waals surface area contributed by atoms with Gasteiger partial charge in [-0.25, -0.2) is 0 Å². The van der Waals surface area contributed by atoms with E-state index in [4.69, 9.17) is 14.2 Å². The summed E-state index contributed by atoms with van der Waals surface area (Å²) in [6.45, 7) is 13.1. The highest BCUT2D eigenvalue weighted by atomic mass is 16.7. The maximum absolute atomic E-state index is 6.12. The van der Waals surface area contributed by atoms with E-state index >= 15 is 0 Å². The van der Waals surface area contributed by atoms with Crippen molar-refractivity contribution in [2.75, 3.05) is 46.1 Å². The van der Waals surface area contributed by atoms with Crippen LogP contribution < -0.4 is 0 Å². The Hall–Kier alpha value is -0.420. The summed E-state index contributed by atoms with van der Waals surface area (Å²) in [5.74, 6) is 1.16. The van der Waals surface area contributed by atoms with Gasteiger partial charge in [0.25, 0.3) is 0 Å². The molecule has 0 aromatic heterocycles. The zero-order valence-corrected chi connectivity index (χ0v) is 13.6. The fourth-order valence-corrected chi connectivity index (χ4v) is 4.03. The predicted octanol–water partition coefficient (Wildman–Crippen LogP) is 2.30. The first-order valence-corrected chi connectivity index (χ1v) is 8.31. The second-order valence-corrected chi connectivity index (χ2v) is 7.10. The van der Waals surface area contributed by atoms with Gasteiger partial charge in [-0.05, 0) is 25.2 Å². The lowest BCUT2D eigenvalue weighted by Crippen LogP contribution is -2.53. The van der Waals surface area contributed by atoms with Gasteiger partial charge < -0.3 is 14.2 Å². The molecule has 2 atom stereocenters. The first-order valence-electron chi connectivity index (χ1n) is 8.31. The molecule has 4 nitrogen and oxygen atoms in total. The van der Waals surface area contributed by atoms with E-state index in [2.05, 4.69) is 31.7 Å². The Morgan fingerprint density at radius 3 is 2.48 bits per heavy atom. The Kier molecular flexibility index (Phi) is 4.69. The molecule has 2 saturated heterocycles. The second kappa shape index (κ2) is 6.37. The summed E-state index contributed by atoms with van der Waals surface area (Å²) >= 11 is 0. The minimum absolute atomic E-state index is 0.0693. The lowest BCUT2D eigenvalue weighted by molar-refractivity contribution is -0.255. The minimum atomic E-state index is -0.0693. The smallest absolute Gasteiger partial charge is 0.170 e. The summed E-state index contributed by atoms with van der Waals surface area (Å²) in [5.41, 5.74) is 1.68. The summed E-state index contributed by atoms with van der Waals surface area (Å²) in [4.78, 5) is 2.38. The number of hydrogen-bond acceptors (Lipinski definition) is 4. The monoisotopic (exact) mass is 295 g/mol. The molecule has 1 spiro atoms. The van der Waals surface area contributed by atoms with Crippen LogP contribution in [0.25, 0.3) is 0 Å². The van der Waals surface area contributed by atoms with E-state index in [1.54, 1.807) is 0 Å². The van der Waals surface area contributed by atoms with Crippen LogP contribution >= 0.6 is 0 Å². The number of nitrogens with zero attached hydrogens (tertiary/aromatic N) is 1. The molecule has 0 unspecified atom stereocenters. The van der Waals surface area contributed by atoms with Gasteiger partial charge in [0.05, 0.1) is 26.4 Å². The molecule has 0 bridgehead atoms. The van der Waals surface area contributed by atoms with Crippen molar-refractivity contribution >= 4 is 0 Å². The Bertz CT molecular complexity index is 381. The van der Waals surface area contributed by atoms with Gasteiger partial charge in [-0.2, -0.15) is 0 Å². The third-order valence-corrected chi connectivity index (χ3v) is 5.64. The highest BCUT2D eigenvalue weighted by molar-refractivity contribution is 5.13. The Morgan fingerprint density at radius 2 is 1.86 bits per heavy atom. The molecule has 0 N–H and O–H groups in total. The zero-order valence-electron chi connectivity index (χ0n) is 13.6. The number of allylic oxidation sites excluding steroid dienone is 2. The molecule has 120 valence electrons. The molecule has 0 aromatic rings. The minimum Gasteiger partial charge on any atom is -0.379 e. The van der Waals surface area contributed by atoms with Gasteiger partial charge in [0.2, 0.25) is 0 Å². The standard InChI is InChI=1S/C17H29NO3/c1-13-8-14(2)17(15(3)9-13)11-20-16(21-12-17)10-18-4-6-19-7-5-18/h8,14-16H,4-7,9-12H2,1-3H3/t14-,15+,16?,17?/m0/s1. The molecular formula is C17H29NO3. The highest BCUT2D eigenvalue weighted by Crippen LogP contribution is 2.46. The zero-order chi connectivity index (χ0) is 14.9. The first-order chi connectivity index (χ1) is 10.1. The molecule has 2 heterocycles. The lowest BCUT2D eigenvalue weighted by Gasteiger charge is -2.50. The Morgan fingerprint density at radius 1 is 1.19 bits per heavy atom. The fraction of sp³-hybridized carbons (Fsp3) is 0.882. The summed E-state index contributed by atoms with van der Waals surface area (Å²) < 4.78 is 17.6. The predicted molar refractivity (Wildman–Crippen MR) is 82.1 cm³/mol. The summed E-state index contributed by atoms with van der Waals surface area (Å²) in [6, 6.07) is 0. The molecule has 0 amide bonds. The topological polar surface area (TPSA) is 30.9 Å². The maximum atomic E-state index is 6.12. The van der Waals surface area contributed by atoms with Crippen molar-refractivity contribution < 1.29 is 14.2 Å². The maximum Gasteiger partial charge on any atom is 0.170 e. The molecule has 3 aliphatic rings. The SMILES string of the molecule is CC1=C[C@H](C)C2(COC(CN3CCOCC3)OC2)[C@H](C)C1. The lowest BCUT2D eigenvalue weighted by atomic mass is 9.63. The molecule has 1 aliphatic carbocycles. The normalized spacial score (nSPS) is 42.0. The van der Waals surface area contributed by atoms with Gasteiger partial charge in [-0.3, -0.25) is 4.90 Å². The first kappa shape index (κ1) is 15.5. The highest BCUT2D eigenvalue weighted by Gasteiger charge is 2.46. The van der Waals surface area contributed by atoms with Gasteiger partial charge in [-0.1, -0.05) is 25.5 Å². The van der Waals surface area contributed by atoms with Crippen molar-refractivity contribution in [1.29, 1.82) is 0 Å². The van der Waals surface area contributed by atoms with E-state index in [-0.39, 0.29) is 11.7 Å².